The molecule has 0 aromatic heterocycles. The first-order valence-corrected chi connectivity index (χ1v) is 7.31. The third kappa shape index (κ3) is 6.31. The summed E-state index contributed by atoms with van der Waals surface area (Å²) in [7, 11) is 1.50. The second kappa shape index (κ2) is 9.02. The van der Waals surface area contributed by atoms with E-state index in [2.05, 4.69) is 17.2 Å². The van der Waals surface area contributed by atoms with Gasteiger partial charge in [0.1, 0.15) is 11.6 Å². The molecular weight excluding hydrogens is 295 g/mol. The van der Waals surface area contributed by atoms with Crippen LogP contribution in [0.5, 0.6) is 5.75 Å². The summed E-state index contributed by atoms with van der Waals surface area (Å²) in [5, 5.41) is 4.61. The van der Waals surface area contributed by atoms with Crippen LogP contribution in [-0.2, 0) is 10.5 Å². The van der Waals surface area contributed by atoms with Gasteiger partial charge in [-0.2, -0.15) is 0 Å². The molecule has 0 radical (unpaired) electrons. The molecule has 0 aliphatic heterocycles. The fraction of sp³-hybridized carbons (Fsp3) is 0.286. The van der Waals surface area contributed by atoms with Crippen molar-refractivity contribution in [3.05, 3.63) is 42.2 Å². The number of nitrogens with one attached hydrogen (secondary N) is 2. The molecule has 1 rings (SSSR count). The third-order valence-corrected chi connectivity index (χ3v) is 3.37. The van der Waals surface area contributed by atoms with E-state index < -0.39 is 11.9 Å². The van der Waals surface area contributed by atoms with E-state index in [0.717, 1.165) is 0 Å². The average molecular weight is 312 g/mol. The molecule has 21 heavy (non-hydrogen) atoms. The number of hydrogen-bond acceptors (Lipinski definition) is 4. The fourth-order valence-corrected chi connectivity index (χ4v) is 2.29. The van der Waals surface area contributed by atoms with Gasteiger partial charge in [0.2, 0.25) is 5.91 Å². The number of thioether (sulfide) groups is 1. The minimum Gasteiger partial charge on any atom is -0.496 e. The molecule has 1 aromatic rings. The van der Waals surface area contributed by atoms with Gasteiger partial charge < -0.3 is 10.1 Å². The van der Waals surface area contributed by atoms with Crippen LogP contribution in [0, 0.1) is 5.82 Å². The molecule has 0 aliphatic rings. The van der Waals surface area contributed by atoms with Crippen molar-refractivity contribution >= 4 is 23.7 Å². The Balaban J connectivity index is 2.39. The van der Waals surface area contributed by atoms with Crippen LogP contribution < -0.4 is 15.4 Å². The van der Waals surface area contributed by atoms with Crippen LogP contribution >= 0.6 is 11.8 Å². The number of rotatable bonds is 7. The molecule has 0 bridgehead atoms. The van der Waals surface area contributed by atoms with Crippen LogP contribution in [0.15, 0.2) is 30.9 Å². The van der Waals surface area contributed by atoms with E-state index in [0.29, 0.717) is 17.1 Å². The molecule has 7 heteroatoms. The summed E-state index contributed by atoms with van der Waals surface area (Å²) < 4.78 is 18.3. The summed E-state index contributed by atoms with van der Waals surface area (Å²) in [6.07, 6.45) is 1.51. The molecule has 2 N–H and O–H groups in total. The standard InChI is InChI=1S/C14H17FN2O3S/c1-3-6-16-14(19)17-13(18)9-21-8-10-7-11(15)4-5-12(10)20-2/h3-5,7H,1,6,8-9H2,2H3,(H2,16,17,18,19). The van der Waals surface area contributed by atoms with Gasteiger partial charge >= 0.3 is 6.03 Å². The van der Waals surface area contributed by atoms with Crippen LogP contribution in [0.2, 0.25) is 0 Å². The van der Waals surface area contributed by atoms with Gasteiger partial charge in [-0.15, -0.1) is 18.3 Å². The number of ether oxygens (including phenoxy) is 1. The Labute approximate surface area is 126 Å². The first-order chi connectivity index (χ1) is 10.1. The number of benzene rings is 1. The summed E-state index contributed by atoms with van der Waals surface area (Å²) in [5.74, 6) is 0.272. The SMILES string of the molecule is C=CCNC(=O)NC(=O)CSCc1cc(F)ccc1OC. The molecular formula is C14H17FN2O3S. The van der Waals surface area contributed by atoms with E-state index in [9.17, 15) is 14.0 Å². The van der Waals surface area contributed by atoms with Gasteiger partial charge in [0.15, 0.2) is 0 Å². The molecule has 0 saturated heterocycles. The molecule has 0 atom stereocenters. The molecule has 3 amide bonds. The van der Waals surface area contributed by atoms with E-state index in [4.69, 9.17) is 4.74 Å². The van der Waals surface area contributed by atoms with Crippen molar-refractivity contribution < 1.29 is 18.7 Å². The number of halogens is 1. The first-order valence-electron chi connectivity index (χ1n) is 6.15. The molecule has 0 heterocycles. The highest BCUT2D eigenvalue weighted by Gasteiger charge is 2.09. The van der Waals surface area contributed by atoms with Gasteiger partial charge in [0.25, 0.3) is 0 Å². The predicted molar refractivity (Wildman–Crippen MR) is 80.9 cm³/mol. The zero-order valence-electron chi connectivity index (χ0n) is 11.6. The Bertz CT molecular complexity index is 523. The van der Waals surface area contributed by atoms with Crippen LogP contribution in [-0.4, -0.2) is 31.3 Å². The maximum Gasteiger partial charge on any atom is 0.321 e. The molecule has 114 valence electrons. The maximum absolute atomic E-state index is 13.2. The zero-order valence-corrected chi connectivity index (χ0v) is 12.5. The van der Waals surface area contributed by atoms with Crippen molar-refractivity contribution in [3.8, 4) is 5.75 Å². The molecule has 0 fully saturated rings. The molecule has 0 saturated carbocycles. The van der Waals surface area contributed by atoms with Gasteiger partial charge in [-0.05, 0) is 18.2 Å². The van der Waals surface area contributed by atoms with Gasteiger partial charge in [-0.3, -0.25) is 10.1 Å². The van der Waals surface area contributed by atoms with E-state index in [1.165, 1.54) is 43.1 Å². The smallest absolute Gasteiger partial charge is 0.321 e. The van der Waals surface area contributed by atoms with Crippen LogP contribution in [0.1, 0.15) is 5.56 Å². The van der Waals surface area contributed by atoms with Crippen molar-refractivity contribution in [1.29, 1.82) is 0 Å². The lowest BCUT2D eigenvalue weighted by Crippen LogP contribution is -2.40. The minimum absolute atomic E-state index is 0.0845. The Kier molecular flexibility index (Phi) is 7.31. The van der Waals surface area contributed by atoms with Crippen molar-refractivity contribution in [2.24, 2.45) is 0 Å². The number of hydrogen-bond donors (Lipinski definition) is 2. The highest BCUT2D eigenvalue weighted by atomic mass is 32.2. The number of urea groups is 1. The number of carbonyl (C=O) groups excluding carboxylic acids is 2. The normalized spacial score (nSPS) is 9.81. The van der Waals surface area contributed by atoms with Crippen LogP contribution in [0.3, 0.4) is 0 Å². The Hall–Kier alpha value is -2.02. The predicted octanol–water partition coefficient (Wildman–Crippen LogP) is 2.08. The number of imide groups is 1. The molecule has 1 aromatic carbocycles. The summed E-state index contributed by atoms with van der Waals surface area (Å²) in [5.41, 5.74) is 0.659. The Morgan fingerprint density at radius 2 is 2.24 bits per heavy atom. The zero-order chi connectivity index (χ0) is 15.7. The van der Waals surface area contributed by atoms with E-state index in [1.54, 1.807) is 0 Å². The largest absolute Gasteiger partial charge is 0.496 e. The second-order valence-electron chi connectivity index (χ2n) is 4.00. The van der Waals surface area contributed by atoms with Gasteiger partial charge in [0.05, 0.1) is 12.9 Å². The monoisotopic (exact) mass is 312 g/mol. The topological polar surface area (TPSA) is 67.4 Å². The fourth-order valence-electron chi connectivity index (χ4n) is 1.49. The summed E-state index contributed by atoms with van der Waals surface area (Å²) in [6.45, 7) is 3.73. The van der Waals surface area contributed by atoms with Crippen molar-refractivity contribution in [1.82, 2.24) is 10.6 Å². The average Bonchev–Trinajstić information content (AvgIpc) is 2.45. The quantitative estimate of drug-likeness (QED) is 0.757. The molecule has 5 nitrogen and oxygen atoms in total. The Morgan fingerprint density at radius 3 is 2.90 bits per heavy atom. The van der Waals surface area contributed by atoms with E-state index >= 15 is 0 Å². The highest BCUT2D eigenvalue weighted by molar-refractivity contribution is 7.99. The second-order valence-corrected chi connectivity index (χ2v) is 4.98. The maximum atomic E-state index is 13.2. The van der Waals surface area contributed by atoms with Crippen molar-refractivity contribution in [2.75, 3.05) is 19.4 Å². The van der Waals surface area contributed by atoms with E-state index in [1.807, 2.05) is 0 Å². The minimum atomic E-state index is -0.566. The molecule has 0 unspecified atom stereocenters. The van der Waals surface area contributed by atoms with Gasteiger partial charge in [-0.1, -0.05) is 6.08 Å². The van der Waals surface area contributed by atoms with Gasteiger partial charge in [0, 0.05) is 17.9 Å². The first kappa shape index (κ1) is 17.0. The molecule has 0 spiro atoms. The third-order valence-electron chi connectivity index (χ3n) is 2.39. The summed E-state index contributed by atoms with van der Waals surface area (Å²) in [4.78, 5) is 22.7. The summed E-state index contributed by atoms with van der Waals surface area (Å²) >= 11 is 1.26. The van der Waals surface area contributed by atoms with Crippen molar-refractivity contribution in [3.63, 3.8) is 0 Å². The lowest BCUT2D eigenvalue weighted by atomic mass is 10.2. The Morgan fingerprint density at radius 1 is 1.48 bits per heavy atom. The van der Waals surface area contributed by atoms with E-state index in [-0.39, 0.29) is 18.1 Å². The van der Waals surface area contributed by atoms with Crippen LogP contribution in [0.4, 0.5) is 9.18 Å². The number of amides is 3. The summed E-state index contributed by atoms with van der Waals surface area (Å²) in [6, 6.07) is 3.64. The highest BCUT2D eigenvalue weighted by Crippen LogP contribution is 2.23. The lowest BCUT2D eigenvalue weighted by Gasteiger charge is -2.08. The molecule has 0 aliphatic carbocycles. The number of carbonyl (C=O) groups is 2. The lowest BCUT2D eigenvalue weighted by molar-refractivity contribution is -0.117. The van der Waals surface area contributed by atoms with Gasteiger partial charge in [-0.25, -0.2) is 9.18 Å². The number of methoxy groups -OCH3 is 1. The van der Waals surface area contributed by atoms with Crippen molar-refractivity contribution in [2.45, 2.75) is 5.75 Å². The van der Waals surface area contributed by atoms with Crippen LogP contribution in [0.25, 0.3) is 0 Å².